The van der Waals surface area contributed by atoms with E-state index in [9.17, 15) is 14.4 Å². The zero-order valence-corrected chi connectivity index (χ0v) is 22.4. The van der Waals surface area contributed by atoms with E-state index >= 15 is 0 Å². The van der Waals surface area contributed by atoms with Gasteiger partial charge in [0.1, 0.15) is 5.57 Å². The summed E-state index contributed by atoms with van der Waals surface area (Å²) in [4.78, 5) is 39.4. The molecule has 4 rings (SSSR count). The average molecular weight is 601 g/mol. The molecular weight excluding hydrogens is 582 g/mol. The van der Waals surface area contributed by atoms with E-state index < -0.39 is 11.8 Å². The van der Waals surface area contributed by atoms with Crippen molar-refractivity contribution in [1.29, 1.82) is 0 Å². The van der Waals surface area contributed by atoms with Crippen molar-refractivity contribution in [3.8, 4) is 11.5 Å². The predicted octanol–water partition coefficient (Wildman–Crippen LogP) is 4.96. The third-order valence-electron chi connectivity index (χ3n) is 5.15. The number of methoxy groups -OCH3 is 1. The van der Waals surface area contributed by atoms with Crippen molar-refractivity contribution in [1.82, 2.24) is 5.32 Å². The normalized spacial score (nSPS) is 14.4. The Morgan fingerprint density at radius 2 is 1.84 bits per heavy atom. The highest BCUT2D eigenvalue weighted by Gasteiger charge is 2.34. The van der Waals surface area contributed by atoms with Gasteiger partial charge in [-0.15, -0.1) is 0 Å². The lowest BCUT2D eigenvalue weighted by molar-refractivity contribution is -0.122. The molecule has 2 N–H and O–H groups in total. The number of halogens is 2. The molecule has 1 aliphatic heterocycles. The van der Waals surface area contributed by atoms with Crippen molar-refractivity contribution in [2.75, 3.05) is 23.9 Å². The molecule has 3 aromatic rings. The van der Waals surface area contributed by atoms with Crippen LogP contribution in [-0.2, 0) is 14.4 Å². The fourth-order valence-corrected chi connectivity index (χ4v) is 4.45. The van der Waals surface area contributed by atoms with E-state index in [2.05, 4.69) is 26.6 Å². The molecule has 3 amide bonds. The first-order valence-electron chi connectivity index (χ1n) is 10.8. The first-order chi connectivity index (χ1) is 17.8. The number of thiocarbonyl (C=S) groups is 1. The van der Waals surface area contributed by atoms with Gasteiger partial charge in [-0.3, -0.25) is 24.6 Å². The Bertz CT molecular complexity index is 1410. The number of rotatable bonds is 7. The molecule has 11 heteroatoms. The van der Waals surface area contributed by atoms with Gasteiger partial charge in [0.15, 0.2) is 23.2 Å². The lowest BCUT2D eigenvalue weighted by Crippen LogP contribution is -2.54. The van der Waals surface area contributed by atoms with E-state index in [1.807, 2.05) is 6.07 Å². The van der Waals surface area contributed by atoms with Crippen LogP contribution in [0.3, 0.4) is 0 Å². The van der Waals surface area contributed by atoms with Crippen LogP contribution < -0.4 is 25.0 Å². The monoisotopic (exact) mass is 599 g/mol. The van der Waals surface area contributed by atoms with Crippen LogP contribution in [0.15, 0.2) is 76.8 Å². The SMILES string of the molecule is COc1cc(/C=C2/C(=O)NC(=S)N(c3ccccc3)C2=O)cc(Br)c1OCC(=O)Nc1ccc(Cl)cc1. The van der Waals surface area contributed by atoms with Crippen LogP contribution >= 0.6 is 39.7 Å². The quantitative estimate of drug-likeness (QED) is 0.226. The molecule has 0 aromatic heterocycles. The highest BCUT2D eigenvalue weighted by molar-refractivity contribution is 9.10. The van der Waals surface area contributed by atoms with E-state index in [0.29, 0.717) is 32.2 Å². The van der Waals surface area contributed by atoms with Gasteiger partial charge >= 0.3 is 0 Å². The summed E-state index contributed by atoms with van der Waals surface area (Å²) in [5, 5.41) is 5.81. The van der Waals surface area contributed by atoms with Crippen LogP contribution in [0.2, 0.25) is 5.02 Å². The van der Waals surface area contributed by atoms with Gasteiger partial charge in [-0.25, -0.2) is 0 Å². The van der Waals surface area contributed by atoms with Crippen molar-refractivity contribution >= 4 is 80.0 Å². The van der Waals surface area contributed by atoms with Crippen LogP contribution in [0.25, 0.3) is 6.08 Å². The molecule has 0 radical (unpaired) electrons. The van der Waals surface area contributed by atoms with Gasteiger partial charge in [0.2, 0.25) is 0 Å². The number of amides is 3. The summed E-state index contributed by atoms with van der Waals surface area (Å²) in [5.41, 5.74) is 1.48. The molecule has 0 unspecified atom stereocenters. The Morgan fingerprint density at radius 1 is 1.14 bits per heavy atom. The molecule has 0 spiro atoms. The summed E-state index contributed by atoms with van der Waals surface area (Å²) in [6, 6.07) is 18.7. The number of carbonyl (C=O) groups is 3. The smallest absolute Gasteiger partial charge is 0.270 e. The van der Waals surface area contributed by atoms with Crippen molar-refractivity contribution < 1.29 is 23.9 Å². The number of nitrogens with zero attached hydrogens (tertiary/aromatic N) is 1. The van der Waals surface area contributed by atoms with Crippen LogP contribution in [0, 0.1) is 0 Å². The van der Waals surface area contributed by atoms with Gasteiger partial charge in [0, 0.05) is 10.7 Å². The molecule has 0 saturated carbocycles. The van der Waals surface area contributed by atoms with E-state index in [0.717, 1.165) is 0 Å². The Labute approximate surface area is 231 Å². The minimum absolute atomic E-state index is 0.00210. The number of hydrogen-bond donors (Lipinski definition) is 2. The van der Waals surface area contributed by atoms with Gasteiger partial charge in [-0.2, -0.15) is 0 Å². The molecule has 0 bridgehead atoms. The number of hydrogen-bond acceptors (Lipinski definition) is 6. The molecule has 0 atom stereocenters. The van der Waals surface area contributed by atoms with E-state index in [-0.39, 0.29) is 28.9 Å². The van der Waals surface area contributed by atoms with Crippen molar-refractivity contribution in [2.45, 2.75) is 0 Å². The average Bonchev–Trinajstić information content (AvgIpc) is 2.87. The Hall–Kier alpha value is -3.73. The van der Waals surface area contributed by atoms with Crippen molar-refractivity contribution in [3.63, 3.8) is 0 Å². The first-order valence-corrected chi connectivity index (χ1v) is 12.4. The zero-order valence-electron chi connectivity index (χ0n) is 19.3. The number of benzene rings is 3. The fourth-order valence-electron chi connectivity index (χ4n) is 3.47. The highest BCUT2D eigenvalue weighted by atomic mass is 79.9. The van der Waals surface area contributed by atoms with E-state index in [1.54, 1.807) is 60.7 Å². The van der Waals surface area contributed by atoms with Crippen LogP contribution in [0.4, 0.5) is 11.4 Å². The molecule has 37 heavy (non-hydrogen) atoms. The molecule has 1 aliphatic rings. The van der Waals surface area contributed by atoms with Gasteiger partial charge in [-0.1, -0.05) is 29.8 Å². The topological polar surface area (TPSA) is 97.0 Å². The maximum absolute atomic E-state index is 13.2. The summed E-state index contributed by atoms with van der Waals surface area (Å²) in [6.07, 6.45) is 1.43. The largest absolute Gasteiger partial charge is 0.493 e. The van der Waals surface area contributed by atoms with Crippen molar-refractivity contribution in [3.05, 3.63) is 87.4 Å². The second-order valence-corrected chi connectivity index (χ2v) is 9.35. The van der Waals surface area contributed by atoms with Crippen LogP contribution in [-0.4, -0.2) is 36.6 Å². The number of carbonyl (C=O) groups excluding carboxylic acids is 3. The van der Waals surface area contributed by atoms with E-state index in [4.69, 9.17) is 33.3 Å². The number of anilines is 2. The third kappa shape index (κ3) is 6.16. The Kier molecular flexibility index (Phi) is 8.22. The standard InChI is InChI=1S/C26H19BrClN3O5S/c1-35-21-13-15(11-19-24(33)30-26(37)31(25(19)34)18-5-3-2-4-6-18)12-20(27)23(21)36-14-22(32)29-17-9-7-16(28)8-10-17/h2-13H,14H2,1H3,(H,29,32)(H,30,33,37)/b19-11-. The first kappa shape index (κ1) is 26.3. The Balaban J connectivity index is 1.54. The van der Waals surface area contributed by atoms with Crippen molar-refractivity contribution in [2.24, 2.45) is 0 Å². The second kappa shape index (κ2) is 11.5. The van der Waals surface area contributed by atoms with Gasteiger partial charge in [-0.05, 0) is 88.3 Å². The fraction of sp³-hybridized carbons (Fsp3) is 0.0769. The molecule has 0 aliphatic carbocycles. The highest BCUT2D eigenvalue weighted by Crippen LogP contribution is 2.37. The minimum atomic E-state index is -0.614. The molecule has 8 nitrogen and oxygen atoms in total. The lowest BCUT2D eigenvalue weighted by atomic mass is 10.1. The maximum atomic E-state index is 13.2. The zero-order chi connectivity index (χ0) is 26.5. The van der Waals surface area contributed by atoms with Crippen LogP contribution in [0.1, 0.15) is 5.56 Å². The van der Waals surface area contributed by atoms with Crippen LogP contribution in [0.5, 0.6) is 11.5 Å². The van der Waals surface area contributed by atoms with Gasteiger partial charge < -0.3 is 14.8 Å². The number of nitrogens with one attached hydrogen (secondary N) is 2. The predicted molar refractivity (Wildman–Crippen MR) is 149 cm³/mol. The minimum Gasteiger partial charge on any atom is -0.493 e. The van der Waals surface area contributed by atoms with Gasteiger partial charge in [0.25, 0.3) is 17.7 Å². The second-order valence-electron chi connectivity index (χ2n) is 7.67. The Morgan fingerprint density at radius 3 is 2.51 bits per heavy atom. The van der Waals surface area contributed by atoms with Gasteiger partial charge in [0.05, 0.1) is 17.3 Å². The molecule has 3 aromatic carbocycles. The lowest BCUT2D eigenvalue weighted by Gasteiger charge is -2.28. The summed E-state index contributed by atoms with van der Waals surface area (Å²) in [7, 11) is 1.44. The number of ether oxygens (including phenoxy) is 2. The summed E-state index contributed by atoms with van der Waals surface area (Å²) in [6.45, 7) is -0.289. The molecule has 1 fully saturated rings. The molecular formula is C26H19BrClN3O5S. The molecule has 1 heterocycles. The maximum Gasteiger partial charge on any atom is 0.270 e. The summed E-state index contributed by atoms with van der Waals surface area (Å²) >= 11 is 14.5. The third-order valence-corrected chi connectivity index (χ3v) is 6.28. The summed E-state index contributed by atoms with van der Waals surface area (Å²) < 4.78 is 11.6. The van der Waals surface area contributed by atoms with E-state index in [1.165, 1.54) is 18.1 Å². The molecule has 188 valence electrons. The summed E-state index contributed by atoms with van der Waals surface area (Å²) in [5.74, 6) is -0.989. The number of para-hydroxylation sites is 1. The molecule has 1 saturated heterocycles.